The van der Waals surface area contributed by atoms with E-state index < -0.39 is 9.84 Å². The van der Waals surface area contributed by atoms with Gasteiger partial charge in [0.2, 0.25) is 0 Å². The van der Waals surface area contributed by atoms with Crippen LogP contribution in [0.2, 0.25) is 0 Å². The van der Waals surface area contributed by atoms with Gasteiger partial charge in [-0.05, 0) is 12.1 Å². The molecule has 1 rings (SSSR count). The molecule has 4 heteroatoms. The first kappa shape index (κ1) is 10.5. The van der Waals surface area contributed by atoms with Crippen LogP contribution in [-0.2, 0) is 9.84 Å². The summed E-state index contributed by atoms with van der Waals surface area (Å²) in [6.07, 6.45) is 1.20. The van der Waals surface area contributed by atoms with Crippen LogP contribution in [0.15, 0.2) is 35.2 Å². The molecule has 0 atom stereocenters. The molecule has 2 nitrogen and oxygen atoms in total. The second-order valence-electron chi connectivity index (χ2n) is 2.09. The fourth-order valence-corrected chi connectivity index (χ4v) is 1.32. The summed E-state index contributed by atoms with van der Waals surface area (Å²) in [6, 6.07) is 8.35. The minimum Gasteiger partial charge on any atom is -0.224 e. The van der Waals surface area contributed by atoms with E-state index in [1.807, 2.05) is 0 Å². The zero-order valence-electron chi connectivity index (χ0n) is 6.02. The first-order valence-electron chi connectivity index (χ1n) is 2.86. The first-order valence-corrected chi connectivity index (χ1v) is 4.75. The summed E-state index contributed by atoms with van der Waals surface area (Å²) in [4.78, 5) is 0.370. The summed E-state index contributed by atoms with van der Waals surface area (Å²) < 4.78 is 21.7. The largest absolute Gasteiger partial charge is 0.224 e. The van der Waals surface area contributed by atoms with Crippen molar-refractivity contribution < 1.29 is 8.42 Å². The van der Waals surface area contributed by atoms with Crippen molar-refractivity contribution in [2.45, 2.75) is 4.90 Å². The predicted molar refractivity (Wildman–Crippen MR) is 46.8 cm³/mol. The average Bonchev–Trinajstić information content (AvgIpc) is 1.88. The van der Waals surface area contributed by atoms with E-state index >= 15 is 0 Å². The molecule has 0 aliphatic carbocycles. The lowest BCUT2D eigenvalue weighted by Crippen LogP contribution is -1.95. The molecule has 0 radical (unpaired) electrons. The topological polar surface area (TPSA) is 34.1 Å². The summed E-state index contributed by atoms with van der Waals surface area (Å²) in [5.41, 5.74) is 0. The molecule has 0 amide bonds. The predicted octanol–water partition coefficient (Wildman–Crippen LogP) is 1.51. The Hall–Kier alpha value is -0.540. The summed E-state index contributed by atoms with van der Waals surface area (Å²) >= 11 is 0. The van der Waals surface area contributed by atoms with Crippen molar-refractivity contribution in [3.63, 3.8) is 0 Å². The molecule has 62 valence electrons. The van der Waals surface area contributed by atoms with E-state index in [0.717, 1.165) is 0 Å². The molecule has 0 saturated heterocycles. The van der Waals surface area contributed by atoms with Crippen LogP contribution >= 0.6 is 12.4 Å². The summed E-state index contributed by atoms with van der Waals surface area (Å²) in [5, 5.41) is 0. The van der Waals surface area contributed by atoms with Crippen LogP contribution in [0.3, 0.4) is 0 Å². The van der Waals surface area contributed by atoms with Gasteiger partial charge in [0.15, 0.2) is 9.84 Å². The van der Waals surface area contributed by atoms with Gasteiger partial charge in [0.25, 0.3) is 0 Å². The number of sulfone groups is 1. The van der Waals surface area contributed by atoms with Crippen molar-refractivity contribution in [2.75, 3.05) is 6.26 Å². The van der Waals surface area contributed by atoms with E-state index in [1.165, 1.54) is 6.26 Å². The first-order chi connectivity index (χ1) is 4.61. The normalized spacial score (nSPS) is 10.3. The molecule has 0 unspecified atom stereocenters. The van der Waals surface area contributed by atoms with Gasteiger partial charge in [-0.25, -0.2) is 8.42 Å². The molecule has 0 saturated carbocycles. The molecule has 0 aliphatic heterocycles. The van der Waals surface area contributed by atoms with Crippen molar-refractivity contribution in [3.8, 4) is 0 Å². The quantitative estimate of drug-likeness (QED) is 0.676. The smallest absolute Gasteiger partial charge is 0.175 e. The van der Waals surface area contributed by atoms with Crippen molar-refractivity contribution in [1.29, 1.82) is 0 Å². The van der Waals surface area contributed by atoms with Crippen LogP contribution < -0.4 is 0 Å². The molecule has 0 spiro atoms. The lowest BCUT2D eigenvalue weighted by atomic mass is 10.4. The molecule has 11 heavy (non-hydrogen) atoms. The maximum absolute atomic E-state index is 10.8. The Kier molecular flexibility index (Phi) is 3.55. The fraction of sp³-hybridized carbons (Fsp3) is 0.143. The maximum Gasteiger partial charge on any atom is 0.175 e. The van der Waals surface area contributed by atoms with Crippen LogP contribution in [-0.4, -0.2) is 14.7 Å². The maximum atomic E-state index is 10.8. The minimum atomic E-state index is -3.00. The van der Waals surface area contributed by atoms with Crippen LogP contribution in [0.25, 0.3) is 0 Å². The molecule has 0 bridgehead atoms. The van der Waals surface area contributed by atoms with Crippen molar-refractivity contribution in [1.82, 2.24) is 0 Å². The SMILES string of the molecule is CS(=O)(=O)c1ccccc1.Cl. The van der Waals surface area contributed by atoms with Gasteiger partial charge in [-0.1, -0.05) is 18.2 Å². The van der Waals surface area contributed by atoms with Crippen molar-refractivity contribution >= 4 is 22.2 Å². The van der Waals surface area contributed by atoms with E-state index in [0.29, 0.717) is 4.90 Å². The third-order valence-electron chi connectivity index (χ3n) is 1.17. The van der Waals surface area contributed by atoms with Gasteiger partial charge in [-0.3, -0.25) is 0 Å². The summed E-state index contributed by atoms with van der Waals surface area (Å²) in [7, 11) is -3.00. The van der Waals surface area contributed by atoms with Gasteiger partial charge in [0.05, 0.1) is 4.90 Å². The average molecular weight is 193 g/mol. The lowest BCUT2D eigenvalue weighted by molar-refractivity contribution is 0.602. The molecule has 0 aromatic heterocycles. The lowest BCUT2D eigenvalue weighted by Gasteiger charge is -1.93. The van der Waals surface area contributed by atoms with Crippen LogP contribution in [0.1, 0.15) is 0 Å². The van der Waals surface area contributed by atoms with Crippen molar-refractivity contribution in [3.05, 3.63) is 30.3 Å². The molecule has 0 fully saturated rings. The fourth-order valence-electron chi connectivity index (χ4n) is 0.668. The molecule has 0 heterocycles. The molecule has 0 aliphatic rings. The van der Waals surface area contributed by atoms with Gasteiger partial charge in [-0.15, -0.1) is 12.4 Å². The van der Waals surface area contributed by atoms with Gasteiger partial charge in [0.1, 0.15) is 0 Å². The second kappa shape index (κ2) is 3.74. The van der Waals surface area contributed by atoms with Crippen molar-refractivity contribution in [2.24, 2.45) is 0 Å². The third-order valence-corrected chi connectivity index (χ3v) is 2.30. The Labute approximate surface area is 72.6 Å². The van der Waals surface area contributed by atoms with E-state index in [1.54, 1.807) is 30.3 Å². The second-order valence-corrected chi connectivity index (χ2v) is 4.10. The highest BCUT2D eigenvalue weighted by Crippen LogP contribution is 2.05. The van der Waals surface area contributed by atoms with Gasteiger partial charge >= 0.3 is 0 Å². The molecule has 1 aromatic rings. The monoisotopic (exact) mass is 192 g/mol. The van der Waals surface area contributed by atoms with Crippen LogP contribution in [0.4, 0.5) is 0 Å². The van der Waals surface area contributed by atoms with Crippen LogP contribution in [0, 0.1) is 0 Å². The number of halogens is 1. The minimum absolute atomic E-state index is 0. The molecule has 0 N–H and O–H groups in total. The number of rotatable bonds is 1. The molecule has 1 aromatic carbocycles. The van der Waals surface area contributed by atoms with Gasteiger partial charge in [-0.2, -0.15) is 0 Å². The molecular weight excluding hydrogens is 184 g/mol. The van der Waals surface area contributed by atoms with Crippen LogP contribution in [0.5, 0.6) is 0 Å². The van der Waals surface area contributed by atoms with Gasteiger partial charge < -0.3 is 0 Å². The standard InChI is InChI=1S/C7H8O2S.ClH/c1-10(8,9)7-5-3-2-4-6-7;/h2-6H,1H3;1H. The Morgan fingerprint density at radius 3 is 1.82 bits per heavy atom. The number of hydrogen-bond acceptors (Lipinski definition) is 2. The summed E-state index contributed by atoms with van der Waals surface area (Å²) in [5.74, 6) is 0. The Balaban J connectivity index is 0.000001000. The Bertz CT molecular complexity index is 304. The van der Waals surface area contributed by atoms with E-state index in [2.05, 4.69) is 0 Å². The highest BCUT2D eigenvalue weighted by atomic mass is 35.5. The van der Waals surface area contributed by atoms with E-state index in [-0.39, 0.29) is 12.4 Å². The highest BCUT2D eigenvalue weighted by molar-refractivity contribution is 7.90. The third kappa shape index (κ3) is 2.91. The zero-order valence-corrected chi connectivity index (χ0v) is 7.65. The Morgan fingerprint density at radius 1 is 1.09 bits per heavy atom. The van der Waals surface area contributed by atoms with Gasteiger partial charge in [0, 0.05) is 6.26 Å². The number of benzene rings is 1. The molecular formula is C7H9ClO2S. The Morgan fingerprint density at radius 2 is 1.55 bits per heavy atom. The van der Waals surface area contributed by atoms with E-state index in [4.69, 9.17) is 0 Å². The highest BCUT2D eigenvalue weighted by Gasteiger charge is 2.02. The zero-order chi connectivity index (χ0) is 7.61. The number of hydrogen-bond donors (Lipinski definition) is 0. The van der Waals surface area contributed by atoms with E-state index in [9.17, 15) is 8.42 Å². The summed E-state index contributed by atoms with van der Waals surface area (Å²) in [6.45, 7) is 0.